The maximum absolute atomic E-state index is 11.5. The van der Waals surface area contributed by atoms with Gasteiger partial charge < -0.3 is 5.32 Å². The molecule has 15 heavy (non-hydrogen) atoms. The van der Waals surface area contributed by atoms with Gasteiger partial charge in [0, 0.05) is 19.8 Å². The zero-order chi connectivity index (χ0) is 11.3. The lowest BCUT2D eigenvalue weighted by Gasteiger charge is -2.16. The summed E-state index contributed by atoms with van der Waals surface area (Å²) in [5.41, 5.74) is 0.721. The zero-order valence-electron chi connectivity index (χ0n) is 8.65. The predicted octanol–water partition coefficient (Wildman–Crippen LogP) is 1.17. The fourth-order valence-corrected chi connectivity index (χ4v) is 1.01. The summed E-state index contributed by atoms with van der Waals surface area (Å²) in [6.45, 7) is 0. The molecule has 2 N–H and O–H groups in total. The van der Waals surface area contributed by atoms with Crippen LogP contribution >= 0.6 is 0 Å². The van der Waals surface area contributed by atoms with Crippen molar-refractivity contribution in [3.63, 3.8) is 0 Å². The summed E-state index contributed by atoms with van der Waals surface area (Å²) in [5, 5.41) is 4.47. The Kier molecular flexibility index (Phi) is 3.68. The normalized spacial score (nSPS) is 9.20. The van der Waals surface area contributed by atoms with Gasteiger partial charge in [-0.15, -0.1) is 0 Å². The Labute approximate surface area is 88.1 Å². The van der Waals surface area contributed by atoms with Crippen molar-refractivity contribution in [3.8, 4) is 0 Å². The van der Waals surface area contributed by atoms with Crippen molar-refractivity contribution >= 4 is 17.7 Å². The van der Waals surface area contributed by atoms with Crippen LogP contribution in [0.15, 0.2) is 30.3 Å². The van der Waals surface area contributed by atoms with Gasteiger partial charge in [-0.05, 0) is 12.1 Å². The van der Waals surface area contributed by atoms with Crippen LogP contribution in [0.5, 0.6) is 0 Å². The molecule has 0 saturated carbocycles. The van der Waals surface area contributed by atoms with E-state index in [-0.39, 0.29) is 0 Å². The first kappa shape index (κ1) is 11.0. The first-order valence-corrected chi connectivity index (χ1v) is 4.46. The number of benzene rings is 1. The zero-order valence-corrected chi connectivity index (χ0v) is 8.65. The molecule has 1 rings (SSSR count). The van der Waals surface area contributed by atoms with Gasteiger partial charge in [-0.1, -0.05) is 18.2 Å². The smallest absolute Gasteiger partial charge is 0.329 e. The average molecular weight is 207 g/mol. The Balaban J connectivity index is 2.65. The van der Waals surface area contributed by atoms with E-state index >= 15 is 0 Å². The van der Waals surface area contributed by atoms with Crippen LogP contribution in [0.25, 0.3) is 0 Å². The number of amides is 4. The van der Waals surface area contributed by atoms with Gasteiger partial charge in [0.1, 0.15) is 0 Å². The van der Waals surface area contributed by atoms with Crippen molar-refractivity contribution in [1.82, 2.24) is 10.6 Å². The van der Waals surface area contributed by atoms with Crippen molar-refractivity contribution in [2.75, 3.05) is 19.0 Å². The van der Waals surface area contributed by atoms with Gasteiger partial charge in [0.2, 0.25) is 0 Å². The molecule has 5 nitrogen and oxygen atoms in total. The second kappa shape index (κ2) is 4.99. The number of para-hydroxylation sites is 1. The van der Waals surface area contributed by atoms with Gasteiger partial charge >= 0.3 is 12.1 Å². The maximum Gasteiger partial charge on any atom is 0.329 e. The highest BCUT2D eigenvalue weighted by atomic mass is 16.2. The summed E-state index contributed by atoms with van der Waals surface area (Å²) in [5.74, 6) is 0. The van der Waals surface area contributed by atoms with Gasteiger partial charge in [-0.3, -0.25) is 10.2 Å². The number of nitrogens with zero attached hydrogens (tertiary/aromatic N) is 1. The molecule has 0 atom stereocenters. The molecule has 4 amide bonds. The van der Waals surface area contributed by atoms with Gasteiger partial charge in [-0.25, -0.2) is 9.59 Å². The average Bonchev–Trinajstić information content (AvgIpc) is 2.29. The Morgan fingerprint density at radius 1 is 1.20 bits per heavy atom. The van der Waals surface area contributed by atoms with Crippen molar-refractivity contribution < 1.29 is 9.59 Å². The van der Waals surface area contributed by atoms with E-state index in [9.17, 15) is 9.59 Å². The molecule has 0 aliphatic rings. The third-order valence-corrected chi connectivity index (χ3v) is 1.90. The third kappa shape index (κ3) is 2.98. The minimum absolute atomic E-state index is 0.472. The van der Waals surface area contributed by atoms with E-state index in [0.717, 1.165) is 5.69 Å². The van der Waals surface area contributed by atoms with Crippen LogP contribution in [0.3, 0.4) is 0 Å². The van der Waals surface area contributed by atoms with Crippen LogP contribution in [0.2, 0.25) is 0 Å². The van der Waals surface area contributed by atoms with Crippen molar-refractivity contribution in [2.24, 2.45) is 0 Å². The van der Waals surface area contributed by atoms with E-state index in [1.54, 1.807) is 19.2 Å². The molecule has 1 aromatic carbocycles. The number of hydrogen-bond donors (Lipinski definition) is 2. The lowest BCUT2D eigenvalue weighted by Crippen LogP contribution is -2.44. The highest BCUT2D eigenvalue weighted by Gasteiger charge is 2.12. The van der Waals surface area contributed by atoms with Crippen LogP contribution in [0.4, 0.5) is 15.3 Å². The Morgan fingerprint density at radius 3 is 2.33 bits per heavy atom. The molecule has 1 aromatic rings. The molecule has 0 unspecified atom stereocenters. The van der Waals surface area contributed by atoms with Crippen LogP contribution < -0.4 is 15.5 Å². The van der Waals surface area contributed by atoms with Gasteiger partial charge in [0.05, 0.1) is 0 Å². The predicted molar refractivity (Wildman–Crippen MR) is 57.8 cm³/mol. The third-order valence-electron chi connectivity index (χ3n) is 1.90. The summed E-state index contributed by atoms with van der Waals surface area (Å²) in [4.78, 5) is 23.7. The molecule has 0 radical (unpaired) electrons. The van der Waals surface area contributed by atoms with E-state index in [2.05, 4.69) is 10.6 Å². The molecule has 80 valence electrons. The van der Waals surface area contributed by atoms with Crippen molar-refractivity contribution in [3.05, 3.63) is 30.3 Å². The van der Waals surface area contributed by atoms with Crippen LogP contribution in [0.1, 0.15) is 0 Å². The van der Waals surface area contributed by atoms with Crippen LogP contribution in [-0.2, 0) is 0 Å². The number of anilines is 1. The Morgan fingerprint density at radius 2 is 1.80 bits per heavy atom. The summed E-state index contributed by atoms with van der Waals surface area (Å²) >= 11 is 0. The molecule has 0 aromatic heterocycles. The first-order valence-electron chi connectivity index (χ1n) is 4.46. The standard InChI is InChI=1S/C10H13N3O2/c1-11-9(14)12-10(15)13(2)8-6-4-3-5-7-8/h3-7H,1-2H3,(H2,11,12,14,15). The summed E-state index contributed by atoms with van der Waals surface area (Å²) in [7, 11) is 3.04. The number of imide groups is 1. The fourth-order valence-electron chi connectivity index (χ4n) is 1.01. The molecular formula is C10H13N3O2. The minimum Gasteiger partial charge on any atom is -0.341 e. The largest absolute Gasteiger partial charge is 0.341 e. The lowest BCUT2D eigenvalue weighted by atomic mass is 10.3. The Hall–Kier alpha value is -2.04. The fraction of sp³-hybridized carbons (Fsp3) is 0.200. The van der Waals surface area contributed by atoms with Crippen molar-refractivity contribution in [1.29, 1.82) is 0 Å². The topological polar surface area (TPSA) is 61.4 Å². The molecule has 0 heterocycles. The number of carbonyl (C=O) groups is 2. The van der Waals surface area contributed by atoms with Gasteiger partial charge in [0.25, 0.3) is 0 Å². The van der Waals surface area contributed by atoms with Crippen molar-refractivity contribution in [2.45, 2.75) is 0 Å². The number of carbonyl (C=O) groups excluding carboxylic acids is 2. The number of urea groups is 2. The summed E-state index contributed by atoms with van der Waals surface area (Å²) in [6, 6.07) is 8.06. The molecule has 0 fully saturated rings. The molecule has 0 bridgehead atoms. The second-order valence-corrected chi connectivity index (χ2v) is 2.90. The first-order chi connectivity index (χ1) is 7.15. The van der Waals surface area contributed by atoms with E-state index in [1.807, 2.05) is 18.2 Å². The van der Waals surface area contributed by atoms with Crippen LogP contribution in [0, 0.1) is 0 Å². The molecule has 0 spiro atoms. The second-order valence-electron chi connectivity index (χ2n) is 2.90. The minimum atomic E-state index is -0.525. The number of nitrogens with one attached hydrogen (secondary N) is 2. The van der Waals surface area contributed by atoms with Gasteiger partial charge in [-0.2, -0.15) is 0 Å². The number of hydrogen-bond acceptors (Lipinski definition) is 2. The highest BCUT2D eigenvalue weighted by Crippen LogP contribution is 2.10. The molecular weight excluding hydrogens is 194 g/mol. The quantitative estimate of drug-likeness (QED) is 0.726. The van der Waals surface area contributed by atoms with E-state index in [4.69, 9.17) is 0 Å². The SMILES string of the molecule is CNC(=O)NC(=O)N(C)c1ccccc1. The van der Waals surface area contributed by atoms with Gasteiger partial charge in [0.15, 0.2) is 0 Å². The van der Waals surface area contributed by atoms with E-state index < -0.39 is 12.1 Å². The van der Waals surface area contributed by atoms with Crippen LogP contribution in [-0.4, -0.2) is 26.2 Å². The molecule has 0 aliphatic heterocycles. The maximum atomic E-state index is 11.5. The summed E-state index contributed by atoms with van der Waals surface area (Å²) in [6.07, 6.45) is 0. The molecule has 0 saturated heterocycles. The highest BCUT2D eigenvalue weighted by molar-refractivity contribution is 6.01. The van der Waals surface area contributed by atoms with E-state index in [0.29, 0.717) is 0 Å². The van der Waals surface area contributed by atoms with E-state index in [1.165, 1.54) is 11.9 Å². The Bertz CT molecular complexity index is 351. The molecule has 5 heteroatoms. The monoisotopic (exact) mass is 207 g/mol. The summed E-state index contributed by atoms with van der Waals surface area (Å²) < 4.78 is 0. The number of rotatable bonds is 1. The molecule has 0 aliphatic carbocycles. The lowest BCUT2D eigenvalue weighted by molar-refractivity contribution is 0.232.